The van der Waals surface area contributed by atoms with Crippen molar-refractivity contribution in [3.8, 4) is 12.4 Å². The number of hydrogen-bond donors (Lipinski definition) is 0. The van der Waals surface area contributed by atoms with Gasteiger partial charge in [0, 0.05) is 6.42 Å². The third-order valence-corrected chi connectivity index (χ3v) is 1.86. The second kappa shape index (κ2) is 14.1. The normalized spacial score (nSPS) is 8.95. The summed E-state index contributed by atoms with van der Waals surface area (Å²) in [6.07, 6.45) is 3.88. The Morgan fingerprint density at radius 3 is 1.14 bits per heavy atom. The van der Waals surface area contributed by atoms with Crippen LogP contribution >= 0.6 is 0 Å². The van der Waals surface area contributed by atoms with E-state index in [1.54, 1.807) is 0 Å². The van der Waals surface area contributed by atoms with Gasteiger partial charge in [-0.15, -0.1) is 12.0 Å². The van der Waals surface area contributed by atoms with E-state index in [4.69, 9.17) is 21.3 Å². The van der Waals surface area contributed by atoms with Crippen LogP contribution in [-0.4, -0.2) is 76.4 Å². The van der Waals surface area contributed by atoms with Gasteiger partial charge in [-0.3, -0.25) is 0 Å². The van der Waals surface area contributed by atoms with E-state index in [1.165, 1.54) is 43.9 Å². The lowest BCUT2D eigenvalue weighted by Crippen LogP contribution is -2.40. The van der Waals surface area contributed by atoms with Crippen LogP contribution in [0.3, 0.4) is 0 Å². The molecule has 0 unspecified atom stereocenters. The van der Waals surface area contributed by atoms with E-state index in [0.29, 0.717) is 0 Å². The molecule has 0 amide bonds. The largest absolute Gasteiger partial charge is 0.422 e. The SMILES string of the molecule is C[N+](C)(C)CCC[N+](C)(C)C.N#CN=C=[N-].N#CN=C=[N-]. The van der Waals surface area contributed by atoms with Gasteiger partial charge < -0.3 is 29.8 Å². The summed E-state index contributed by atoms with van der Waals surface area (Å²) in [6.45, 7) is 2.55. The van der Waals surface area contributed by atoms with Crippen LogP contribution in [0.4, 0.5) is 0 Å². The van der Waals surface area contributed by atoms with Crippen LogP contribution in [0.5, 0.6) is 0 Å². The lowest BCUT2D eigenvalue weighted by Gasteiger charge is -2.28. The first-order valence-electron chi connectivity index (χ1n) is 6.10. The van der Waals surface area contributed by atoms with Crippen LogP contribution in [0.25, 0.3) is 10.8 Å². The minimum absolute atomic E-state index is 1.08. The second-order valence-corrected chi connectivity index (χ2v) is 6.01. The molecule has 0 aromatic rings. The third kappa shape index (κ3) is 46.4. The summed E-state index contributed by atoms with van der Waals surface area (Å²) in [6, 6.07) is 2.56. The first-order chi connectivity index (χ1) is 9.54. The van der Waals surface area contributed by atoms with Crippen LogP contribution in [0.2, 0.25) is 0 Å². The van der Waals surface area contributed by atoms with Crippen molar-refractivity contribution in [2.24, 2.45) is 9.98 Å². The number of aliphatic imine (C=N–C) groups is 2. The van der Waals surface area contributed by atoms with Gasteiger partial charge in [0.05, 0.1) is 67.8 Å². The van der Waals surface area contributed by atoms with Crippen molar-refractivity contribution in [2.75, 3.05) is 55.4 Å². The smallest absolute Gasteiger partial charge is 0.0925 e. The summed E-state index contributed by atoms with van der Waals surface area (Å²) in [5.74, 6) is 0. The first-order valence-corrected chi connectivity index (χ1v) is 6.10. The van der Waals surface area contributed by atoms with E-state index in [0.717, 1.165) is 8.97 Å². The van der Waals surface area contributed by atoms with Crippen molar-refractivity contribution < 1.29 is 8.97 Å². The van der Waals surface area contributed by atoms with Crippen molar-refractivity contribution in [3.05, 3.63) is 10.8 Å². The lowest BCUT2D eigenvalue weighted by atomic mass is 10.3. The minimum atomic E-state index is 1.08. The highest BCUT2D eigenvalue weighted by Gasteiger charge is 2.11. The fourth-order valence-corrected chi connectivity index (χ4v) is 1.06. The third-order valence-electron chi connectivity index (χ3n) is 1.86. The molecule has 0 aliphatic heterocycles. The molecule has 0 saturated heterocycles. The van der Waals surface area contributed by atoms with Gasteiger partial charge in [-0.1, -0.05) is 0 Å². The molecule has 0 heterocycles. The molecule has 8 nitrogen and oxygen atoms in total. The number of hydrogen-bond acceptors (Lipinski definition) is 4. The van der Waals surface area contributed by atoms with Gasteiger partial charge in [0.15, 0.2) is 0 Å². The average Bonchev–Trinajstić information content (AvgIpc) is 2.29. The Hall–Kier alpha value is -2.34. The molecule has 0 spiro atoms. The Morgan fingerprint density at radius 1 is 0.762 bits per heavy atom. The summed E-state index contributed by atoms with van der Waals surface area (Å²) < 4.78 is 2.17. The maximum Gasteiger partial charge on any atom is 0.0925 e. The summed E-state index contributed by atoms with van der Waals surface area (Å²) in [7, 11) is 13.5. The maximum atomic E-state index is 7.43. The maximum absolute atomic E-state index is 7.43. The van der Waals surface area contributed by atoms with Crippen LogP contribution in [0.1, 0.15) is 6.42 Å². The van der Waals surface area contributed by atoms with Gasteiger partial charge in [-0.2, -0.15) is 10.5 Å². The quantitative estimate of drug-likeness (QED) is 0.440. The highest BCUT2D eigenvalue weighted by Crippen LogP contribution is 1.98. The van der Waals surface area contributed by atoms with Crippen molar-refractivity contribution >= 4 is 12.0 Å². The van der Waals surface area contributed by atoms with E-state index < -0.39 is 0 Å². The lowest BCUT2D eigenvalue weighted by molar-refractivity contribution is -0.890. The van der Waals surface area contributed by atoms with E-state index in [2.05, 4.69) is 52.3 Å². The molecular formula is C13H24N8. The fourth-order valence-electron chi connectivity index (χ4n) is 1.06. The molecule has 0 bridgehead atoms. The van der Waals surface area contributed by atoms with Gasteiger partial charge in [-0.25, -0.2) is 0 Å². The zero-order valence-corrected chi connectivity index (χ0v) is 13.7. The molecular weight excluding hydrogens is 268 g/mol. The second-order valence-electron chi connectivity index (χ2n) is 6.01. The number of nitrogens with zero attached hydrogens (tertiary/aromatic N) is 8. The van der Waals surface area contributed by atoms with Gasteiger partial charge in [0.25, 0.3) is 0 Å². The Kier molecular flexibility index (Phi) is 15.9. The van der Waals surface area contributed by atoms with E-state index in [-0.39, 0.29) is 0 Å². The fraction of sp³-hybridized carbons (Fsp3) is 0.692. The molecule has 0 saturated carbocycles. The molecule has 0 aromatic carbocycles. The first kappa shape index (κ1) is 23.7. The summed E-state index contributed by atoms with van der Waals surface area (Å²) in [5, 5.41) is 29.7. The molecule has 0 fully saturated rings. The minimum Gasteiger partial charge on any atom is -0.422 e. The van der Waals surface area contributed by atoms with Crippen LogP contribution in [-0.2, 0) is 0 Å². The number of quaternary nitrogens is 2. The molecule has 0 N–H and O–H groups in total. The predicted octanol–water partition coefficient (Wildman–Crippen LogP) is 1.21. The van der Waals surface area contributed by atoms with Crippen LogP contribution in [0.15, 0.2) is 9.98 Å². The summed E-state index contributed by atoms with van der Waals surface area (Å²) >= 11 is 0. The highest BCUT2D eigenvalue weighted by atomic mass is 15.3. The molecule has 0 atom stereocenters. The Labute approximate surface area is 127 Å². The van der Waals surface area contributed by atoms with Gasteiger partial charge in [0.2, 0.25) is 0 Å². The van der Waals surface area contributed by atoms with Gasteiger partial charge in [-0.05, 0) is 0 Å². The molecule has 0 aliphatic carbocycles. The van der Waals surface area contributed by atoms with Crippen LogP contribution < -0.4 is 0 Å². The zero-order valence-electron chi connectivity index (χ0n) is 13.7. The number of rotatable bonds is 4. The van der Waals surface area contributed by atoms with Crippen molar-refractivity contribution in [2.45, 2.75) is 6.42 Å². The number of nitriles is 2. The highest BCUT2D eigenvalue weighted by molar-refractivity contribution is 5.46. The van der Waals surface area contributed by atoms with E-state index in [1.807, 2.05) is 0 Å². The molecule has 8 heteroatoms. The Bertz CT molecular complexity index is 387. The summed E-state index contributed by atoms with van der Waals surface area (Å²) in [5.41, 5.74) is 0. The van der Waals surface area contributed by atoms with E-state index in [9.17, 15) is 0 Å². The Balaban J connectivity index is -0.000000270. The van der Waals surface area contributed by atoms with Gasteiger partial charge >= 0.3 is 0 Å². The topological polar surface area (TPSA) is 117 Å². The van der Waals surface area contributed by atoms with Crippen molar-refractivity contribution in [1.82, 2.24) is 0 Å². The van der Waals surface area contributed by atoms with Crippen molar-refractivity contribution in [1.29, 1.82) is 10.5 Å². The molecule has 0 aromatic heterocycles. The van der Waals surface area contributed by atoms with E-state index >= 15 is 0 Å². The van der Waals surface area contributed by atoms with Crippen molar-refractivity contribution in [3.63, 3.8) is 0 Å². The molecule has 21 heavy (non-hydrogen) atoms. The summed E-state index contributed by atoms with van der Waals surface area (Å²) in [4.78, 5) is 5.17. The molecule has 116 valence electrons. The zero-order chi connectivity index (χ0) is 17.4. The Morgan fingerprint density at radius 2 is 1.05 bits per heavy atom. The monoisotopic (exact) mass is 292 g/mol. The average molecular weight is 292 g/mol. The molecule has 0 radical (unpaired) electrons. The van der Waals surface area contributed by atoms with Gasteiger partial charge in [0.1, 0.15) is 0 Å². The molecule has 0 aliphatic rings. The molecule has 0 rings (SSSR count). The standard InChI is InChI=1S/C9H24N2.2C2N3/c1-10(2,3)8-7-9-11(4,5)6;2*3-1-5-2-4/h7-9H2,1-6H3;;/q+2;2*-1. The predicted molar refractivity (Wildman–Crippen MR) is 83.2 cm³/mol. The van der Waals surface area contributed by atoms with Crippen LogP contribution in [0, 0.1) is 22.9 Å².